The molecule has 0 fully saturated rings. The molecule has 2 aromatic heterocycles. The standard InChI is InChI=1S/C23H28N4O3S/c1-23(2,15-16-11-9-8-10-12-16)22-26-25-20(30-22)17-13-18(21(28)29-4)24-19(14-17)27(3)31(5,6)7/h8-14H,5-6,15H2,1-4,7H3. The van der Waals surface area contributed by atoms with E-state index in [2.05, 4.69) is 52.9 Å². The van der Waals surface area contributed by atoms with Crippen molar-refractivity contribution in [3.05, 3.63) is 59.6 Å². The van der Waals surface area contributed by atoms with Crippen molar-refractivity contribution in [2.24, 2.45) is 0 Å². The molecular formula is C23H28N4O3S. The summed E-state index contributed by atoms with van der Waals surface area (Å²) in [5.74, 6) is 9.03. The molecule has 0 N–H and O–H groups in total. The zero-order valence-electron chi connectivity index (χ0n) is 18.6. The average molecular weight is 441 g/mol. The van der Waals surface area contributed by atoms with Crippen LogP contribution in [0.5, 0.6) is 0 Å². The molecule has 7 nitrogen and oxygen atoms in total. The number of carbonyl (C=O) groups is 1. The van der Waals surface area contributed by atoms with Crippen molar-refractivity contribution < 1.29 is 13.9 Å². The van der Waals surface area contributed by atoms with E-state index >= 15 is 0 Å². The van der Waals surface area contributed by atoms with Crippen LogP contribution in [-0.4, -0.2) is 53.3 Å². The van der Waals surface area contributed by atoms with Crippen molar-refractivity contribution in [2.75, 3.05) is 24.7 Å². The van der Waals surface area contributed by atoms with Crippen molar-refractivity contribution >= 4 is 32.9 Å². The fraction of sp³-hybridized carbons (Fsp3) is 0.304. The first-order valence-corrected chi connectivity index (χ1v) is 12.0. The van der Waals surface area contributed by atoms with E-state index in [-0.39, 0.29) is 11.1 Å². The van der Waals surface area contributed by atoms with Gasteiger partial charge in [-0.05, 0) is 30.4 Å². The third-order valence-electron chi connectivity index (χ3n) is 4.93. The van der Waals surface area contributed by atoms with Crippen LogP contribution >= 0.6 is 9.39 Å². The number of carbonyl (C=O) groups excluding carboxylic acids is 1. The first-order chi connectivity index (χ1) is 14.5. The maximum Gasteiger partial charge on any atom is 0.356 e. The molecule has 3 aromatic rings. The van der Waals surface area contributed by atoms with Gasteiger partial charge in [-0.2, -0.15) is 0 Å². The van der Waals surface area contributed by atoms with Crippen LogP contribution in [-0.2, 0) is 16.6 Å². The van der Waals surface area contributed by atoms with Crippen LogP contribution in [0.4, 0.5) is 5.82 Å². The smallest absolute Gasteiger partial charge is 0.356 e. The van der Waals surface area contributed by atoms with E-state index in [4.69, 9.17) is 9.15 Å². The van der Waals surface area contributed by atoms with E-state index in [1.54, 1.807) is 12.1 Å². The predicted molar refractivity (Wildman–Crippen MR) is 128 cm³/mol. The van der Waals surface area contributed by atoms with Crippen LogP contribution in [0, 0.1) is 0 Å². The van der Waals surface area contributed by atoms with Crippen molar-refractivity contribution in [1.82, 2.24) is 15.2 Å². The summed E-state index contributed by atoms with van der Waals surface area (Å²) < 4.78 is 12.8. The Kier molecular flexibility index (Phi) is 6.22. The molecule has 1 aromatic carbocycles. The van der Waals surface area contributed by atoms with Gasteiger partial charge in [0.25, 0.3) is 0 Å². The molecule has 0 saturated heterocycles. The first kappa shape index (κ1) is 22.6. The van der Waals surface area contributed by atoms with E-state index in [9.17, 15) is 4.79 Å². The third kappa shape index (κ3) is 5.14. The van der Waals surface area contributed by atoms with Gasteiger partial charge in [0, 0.05) is 18.0 Å². The second-order valence-corrected chi connectivity index (χ2v) is 11.3. The largest absolute Gasteiger partial charge is 0.464 e. The van der Waals surface area contributed by atoms with Crippen LogP contribution < -0.4 is 4.31 Å². The molecule has 0 saturated carbocycles. The number of hydrogen-bond acceptors (Lipinski definition) is 7. The van der Waals surface area contributed by atoms with Gasteiger partial charge < -0.3 is 13.5 Å². The molecule has 8 heteroatoms. The Labute approximate surface area is 183 Å². The maximum absolute atomic E-state index is 12.2. The zero-order chi connectivity index (χ0) is 22.8. The van der Waals surface area contributed by atoms with Gasteiger partial charge in [0.05, 0.1) is 7.11 Å². The third-order valence-corrected chi connectivity index (χ3v) is 6.44. The fourth-order valence-corrected chi connectivity index (χ4v) is 3.58. The summed E-state index contributed by atoms with van der Waals surface area (Å²) in [7, 11) is 1.55. The Hall–Kier alpha value is -3.13. The first-order valence-electron chi connectivity index (χ1n) is 9.68. The van der Waals surface area contributed by atoms with Crippen LogP contribution in [0.3, 0.4) is 0 Å². The molecule has 0 aliphatic carbocycles. The molecule has 164 valence electrons. The summed E-state index contributed by atoms with van der Waals surface area (Å²) in [6.07, 6.45) is 2.67. The molecule has 0 atom stereocenters. The van der Waals surface area contributed by atoms with Gasteiger partial charge in [0.15, 0.2) is 5.69 Å². The molecule has 0 bridgehead atoms. The summed E-state index contributed by atoms with van der Waals surface area (Å²) >= 11 is 0. The summed E-state index contributed by atoms with van der Waals surface area (Å²) in [6, 6.07) is 13.5. The predicted octanol–water partition coefficient (Wildman–Crippen LogP) is 4.09. The number of anilines is 1. The van der Waals surface area contributed by atoms with Gasteiger partial charge in [-0.15, -0.1) is 19.6 Å². The highest BCUT2D eigenvalue weighted by Crippen LogP contribution is 2.32. The molecule has 0 amide bonds. The highest BCUT2D eigenvalue weighted by Gasteiger charge is 2.28. The SMILES string of the molecule is C=S(=C)(C)N(C)c1cc(-c2nnc(C(C)(C)Cc3ccccc3)o2)cc(C(=O)OC)n1. The monoisotopic (exact) mass is 440 g/mol. The lowest BCUT2D eigenvalue weighted by atomic mass is 9.86. The van der Waals surface area contributed by atoms with Gasteiger partial charge in [0.2, 0.25) is 11.8 Å². The van der Waals surface area contributed by atoms with Crippen molar-refractivity contribution in [3.8, 4) is 11.5 Å². The minimum Gasteiger partial charge on any atom is -0.464 e. The Morgan fingerprint density at radius 1 is 1.19 bits per heavy atom. The highest BCUT2D eigenvalue weighted by atomic mass is 32.2. The number of pyridine rings is 1. The molecule has 0 spiro atoms. The summed E-state index contributed by atoms with van der Waals surface area (Å²) in [5, 5.41) is 8.54. The second-order valence-electron chi connectivity index (χ2n) is 8.27. The van der Waals surface area contributed by atoms with Gasteiger partial charge in [-0.3, -0.25) is 0 Å². The Morgan fingerprint density at radius 2 is 1.87 bits per heavy atom. The van der Waals surface area contributed by atoms with Gasteiger partial charge in [0.1, 0.15) is 5.82 Å². The number of esters is 1. The number of benzene rings is 1. The highest BCUT2D eigenvalue weighted by molar-refractivity contribution is 8.28. The molecule has 0 radical (unpaired) electrons. The van der Waals surface area contributed by atoms with Crippen LogP contribution in [0.15, 0.2) is 46.9 Å². The average Bonchev–Trinajstić information content (AvgIpc) is 3.23. The van der Waals surface area contributed by atoms with Gasteiger partial charge in [-0.25, -0.2) is 9.78 Å². The maximum atomic E-state index is 12.2. The minimum absolute atomic E-state index is 0.147. The molecule has 3 rings (SSSR count). The molecule has 0 aliphatic rings. The summed E-state index contributed by atoms with van der Waals surface area (Å²) in [6.45, 7) is 4.12. The van der Waals surface area contributed by atoms with E-state index in [1.165, 1.54) is 12.7 Å². The second kappa shape index (κ2) is 8.55. The lowest BCUT2D eigenvalue weighted by Gasteiger charge is -2.25. The number of nitrogens with zero attached hydrogens (tertiary/aromatic N) is 4. The van der Waals surface area contributed by atoms with E-state index in [0.29, 0.717) is 23.2 Å². The number of ether oxygens (including phenoxy) is 1. The molecule has 0 aliphatic heterocycles. The minimum atomic E-state index is -1.60. The lowest BCUT2D eigenvalue weighted by molar-refractivity contribution is 0.0594. The Balaban J connectivity index is 2.01. The van der Waals surface area contributed by atoms with E-state index < -0.39 is 15.4 Å². The van der Waals surface area contributed by atoms with Crippen LogP contribution in [0.2, 0.25) is 0 Å². The van der Waals surface area contributed by atoms with Gasteiger partial charge >= 0.3 is 5.97 Å². The zero-order valence-corrected chi connectivity index (χ0v) is 19.4. The van der Waals surface area contributed by atoms with E-state index in [1.807, 2.05) is 35.8 Å². The molecular weight excluding hydrogens is 412 g/mol. The number of aromatic nitrogens is 3. The van der Waals surface area contributed by atoms with Crippen molar-refractivity contribution in [2.45, 2.75) is 25.7 Å². The number of rotatable bonds is 7. The van der Waals surface area contributed by atoms with E-state index in [0.717, 1.165) is 6.42 Å². The Morgan fingerprint density at radius 3 is 2.48 bits per heavy atom. The summed E-state index contributed by atoms with van der Waals surface area (Å²) in [5.41, 5.74) is 1.54. The van der Waals surface area contributed by atoms with Crippen LogP contribution in [0.1, 0.15) is 35.8 Å². The number of methoxy groups -OCH3 is 1. The number of hydrogen-bond donors (Lipinski definition) is 0. The topological polar surface area (TPSA) is 81.4 Å². The quantitative estimate of drug-likeness (QED) is 0.404. The Bertz CT molecular complexity index is 1180. The fourth-order valence-electron chi connectivity index (χ4n) is 3.03. The van der Waals surface area contributed by atoms with Crippen LogP contribution in [0.25, 0.3) is 11.5 Å². The van der Waals surface area contributed by atoms with Crippen molar-refractivity contribution in [1.29, 1.82) is 0 Å². The molecule has 2 heterocycles. The van der Waals surface area contributed by atoms with Crippen molar-refractivity contribution in [3.63, 3.8) is 0 Å². The van der Waals surface area contributed by atoms with Gasteiger partial charge in [-0.1, -0.05) is 55.9 Å². The molecule has 31 heavy (non-hydrogen) atoms. The normalized spacial score (nSPS) is 11.9. The lowest BCUT2D eigenvalue weighted by Crippen LogP contribution is -2.21. The summed E-state index contributed by atoms with van der Waals surface area (Å²) in [4.78, 5) is 16.6. The molecule has 0 unspecified atom stereocenters.